The van der Waals surface area contributed by atoms with E-state index in [1.165, 1.54) is 19.3 Å². The highest BCUT2D eigenvalue weighted by Crippen LogP contribution is 2.59. The van der Waals surface area contributed by atoms with Gasteiger partial charge in [-0.15, -0.1) is 0 Å². The summed E-state index contributed by atoms with van der Waals surface area (Å²) in [6.45, 7) is 12.8. The summed E-state index contributed by atoms with van der Waals surface area (Å²) in [5, 5.41) is 27.8. The topological polar surface area (TPSA) is 98.7 Å². The molecule has 0 aliphatic heterocycles. The van der Waals surface area contributed by atoms with Crippen LogP contribution in [0.4, 0.5) is 0 Å². The summed E-state index contributed by atoms with van der Waals surface area (Å²) >= 11 is 0. The zero-order valence-electron chi connectivity index (χ0n) is 34.4. The van der Waals surface area contributed by atoms with Crippen molar-refractivity contribution in [1.29, 1.82) is 0 Å². The highest BCUT2D eigenvalue weighted by atomic mass is 16.3. The number of hydrogen-bond donors (Lipinski definition) is 4. The monoisotopic (exact) mass is 735 g/mol. The number of aliphatic hydroxyl groups is 2. The Kier molecular flexibility index (Phi) is 20.5. The minimum absolute atomic E-state index is 0.0417. The van der Waals surface area contributed by atoms with Crippen LogP contribution in [0.2, 0.25) is 0 Å². The van der Waals surface area contributed by atoms with Crippen molar-refractivity contribution in [3.63, 3.8) is 0 Å². The predicted octanol–water partition coefficient (Wildman–Crippen LogP) is 10.3. The van der Waals surface area contributed by atoms with Crippen LogP contribution in [0.25, 0.3) is 0 Å². The zero-order valence-corrected chi connectivity index (χ0v) is 34.4. The van der Waals surface area contributed by atoms with E-state index in [0.29, 0.717) is 55.5 Å². The third-order valence-electron chi connectivity index (χ3n) is 13.7. The first-order valence-electron chi connectivity index (χ1n) is 21.6. The van der Waals surface area contributed by atoms with Gasteiger partial charge in [0.25, 0.3) is 0 Å². The third-order valence-corrected chi connectivity index (χ3v) is 13.7. The maximum Gasteiger partial charge on any atom is 0.220 e. The first kappa shape index (κ1) is 45.0. The van der Waals surface area contributed by atoms with Gasteiger partial charge in [-0.1, -0.05) is 95.4 Å². The van der Waals surface area contributed by atoms with Crippen LogP contribution in [-0.2, 0) is 9.59 Å². The van der Waals surface area contributed by atoms with Crippen molar-refractivity contribution in [3.05, 3.63) is 60.8 Å². The van der Waals surface area contributed by atoms with Gasteiger partial charge in [-0.3, -0.25) is 9.59 Å². The molecule has 3 fully saturated rings. The van der Waals surface area contributed by atoms with E-state index in [4.69, 9.17) is 0 Å². The van der Waals surface area contributed by atoms with Crippen LogP contribution < -0.4 is 10.6 Å². The molecule has 3 aliphatic rings. The van der Waals surface area contributed by atoms with E-state index in [2.05, 4.69) is 106 Å². The maximum atomic E-state index is 12.8. The molecule has 3 saturated carbocycles. The van der Waals surface area contributed by atoms with Crippen molar-refractivity contribution in [3.8, 4) is 0 Å². The molecule has 9 unspecified atom stereocenters. The molecule has 2 amide bonds. The predicted molar refractivity (Wildman–Crippen MR) is 222 cm³/mol. The lowest BCUT2D eigenvalue weighted by Gasteiger charge is -2.51. The number of unbranched alkanes of at least 4 members (excludes halogenated alkanes) is 1. The molecule has 0 spiro atoms. The van der Waals surface area contributed by atoms with E-state index < -0.39 is 0 Å². The molecule has 0 saturated heterocycles. The number of fused-ring (bicyclic) bond motifs is 2. The number of allylic oxidation sites excluding steroid dienone is 10. The average Bonchev–Trinajstić information content (AvgIpc) is 3.45. The summed E-state index contributed by atoms with van der Waals surface area (Å²) in [5.41, 5.74) is 0.359. The molecule has 0 aromatic carbocycles. The van der Waals surface area contributed by atoms with Gasteiger partial charge >= 0.3 is 0 Å². The van der Waals surface area contributed by atoms with Gasteiger partial charge in [0.1, 0.15) is 0 Å². The summed E-state index contributed by atoms with van der Waals surface area (Å²) in [6, 6.07) is 0. The molecule has 0 radical (unpaired) electrons. The highest BCUT2D eigenvalue weighted by molar-refractivity contribution is 5.77. The Hall–Kier alpha value is -2.44. The number of amides is 2. The summed E-state index contributed by atoms with van der Waals surface area (Å²) in [5.74, 6) is 2.59. The van der Waals surface area contributed by atoms with Gasteiger partial charge in [0, 0.05) is 25.9 Å². The summed E-state index contributed by atoms with van der Waals surface area (Å²) in [6.07, 6.45) is 39.1. The van der Waals surface area contributed by atoms with Gasteiger partial charge in [-0.25, -0.2) is 0 Å². The van der Waals surface area contributed by atoms with Crippen molar-refractivity contribution in [1.82, 2.24) is 10.6 Å². The van der Waals surface area contributed by atoms with Crippen LogP contribution in [-0.4, -0.2) is 47.3 Å². The van der Waals surface area contributed by atoms with Crippen molar-refractivity contribution in [2.45, 2.75) is 169 Å². The molecule has 4 N–H and O–H groups in total. The molecule has 0 aromatic rings. The van der Waals surface area contributed by atoms with E-state index in [9.17, 15) is 19.8 Å². The second kappa shape index (κ2) is 24.2. The van der Waals surface area contributed by atoms with Gasteiger partial charge in [0.2, 0.25) is 11.8 Å². The quantitative estimate of drug-likeness (QED) is 0.0739. The van der Waals surface area contributed by atoms with Crippen LogP contribution in [0.15, 0.2) is 60.8 Å². The second-order valence-corrected chi connectivity index (χ2v) is 17.4. The zero-order chi connectivity index (χ0) is 38.5. The molecule has 6 nitrogen and oxygen atoms in total. The molecular weight excluding hydrogens is 657 g/mol. The Balaban J connectivity index is 1.26. The van der Waals surface area contributed by atoms with Crippen LogP contribution in [0.5, 0.6) is 0 Å². The molecule has 0 bridgehead atoms. The Morgan fingerprint density at radius 3 is 1.83 bits per heavy atom. The van der Waals surface area contributed by atoms with Gasteiger partial charge in [0.15, 0.2) is 0 Å². The normalized spacial score (nSPS) is 31.8. The average molecular weight is 735 g/mol. The molecule has 53 heavy (non-hydrogen) atoms. The van der Waals surface area contributed by atoms with Crippen LogP contribution in [0.1, 0.15) is 157 Å². The van der Waals surface area contributed by atoms with E-state index in [1.54, 1.807) is 0 Å². The Morgan fingerprint density at radius 2 is 1.21 bits per heavy atom. The van der Waals surface area contributed by atoms with E-state index in [1.807, 2.05) is 0 Å². The molecule has 0 heterocycles. The van der Waals surface area contributed by atoms with Crippen molar-refractivity contribution < 1.29 is 19.8 Å². The molecule has 0 aromatic heterocycles. The lowest BCUT2D eigenvalue weighted by Crippen LogP contribution is -2.45. The number of rotatable bonds is 20. The fourth-order valence-electron chi connectivity index (χ4n) is 9.97. The van der Waals surface area contributed by atoms with E-state index in [0.717, 1.165) is 89.9 Å². The minimum atomic E-state index is -0.302. The van der Waals surface area contributed by atoms with Gasteiger partial charge in [0.05, 0.1) is 12.2 Å². The van der Waals surface area contributed by atoms with E-state index >= 15 is 0 Å². The number of aliphatic hydroxyl groups excluding tert-OH is 2. The molecule has 9 atom stereocenters. The summed E-state index contributed by atoms with van der Waals surface area (Å²) < 4.78 is 0. The Labute approximate surface area is 324 Å². The van der Waals surface area contributed by atoms with E-state index in [-0.39, 0.29) is 34.9 Å². The minimum Gasteiger partial charge on any atom is -0.393 e. The van der Waals surface area contributed by atoms with Crippen LogP contribution in [0, 0.1) is 40.4 Å². The van der Waals surface area contributed by atoms with Crippen molar-refractivity contribution in [2.24, 2.45) is 40.4 Å². The molecule has 6 heteroatoms. The van der Waals surface area contributed by atoms with Gasteiger partial charge in [-0.2, -0.15) is 0 Å². The number of nitrogens with one attached hydrogen (secondary N) is 2. The van der Waals surface area contributed by atoms with Crippen molar-refractivity contribution >= 4 is 11.8 Å². The lowest BCUT2D eigenvalue weighted by atomic mass is 9.55. The SMILES string of the molecule is CCC=CCC=CCC=CCC=CCC=CCCCC(=O)NCCNC(=O)CCC(C)C1CCC2CC(O)CC3CC(O)CCC3(C)C(C)CCC21C. The smallest absolute Gasteiger partial charge is 0.220 e. The lowest BCUT2D eigenvalue weighted by molar-refractivity contribution is -0.123. The standard InChI is InChI=1S/C47H78N2O4/c1-6-7-8-9-10-11-12-13-14-15-16-17-18-19-20-21-22-23-44(52)48-32-33-49-45(53)27-24-37(2)43-26-25-39-34-42(51)36-40-35-41(50)29-31-46(40,4)38(3)28-30-47(39,43)5/h7-8,10-11,13-14,16-17,19-20,37-43,50-51H,6,9,12,15,18,21-36H2,1-5H3,(H,48,52)(H,49,53). The molecule has 300 valence electrons. The number of hydrogen-bond acceptors (Lipinski definition) is 4. The van der Waals surface area contributed by atoms with Crippen molar-refractivity contribution in [2.75, 3.05) is 13.1 Å². The number of carbonyl (C=O) groups is 2. The fourth-order valence-corrected chi connectivity index (χ4v) is 9.97. The first-order valence-corrected chi connectivity index (χ1v) is 21.6. The third kappa shape index (κ3) is 15.3. The number of carbonyl (C=O) groups excluding carboxylic acids is 2. The van der Waals surface area contributed by atoms with Gasteiger partial charge in [-0.05, 0) is 150 Å². The molecular formula is C47H78N2O4. The van der Waals surface area contributed by atoms with Crippen LogP contribution in [0.3, 0.4) is 0 Å². The summed E-state index contributed by atoms with van der Waals surface area (Å²) in [7, 11) is 0. The molecule has 3 rings (SSSR count). The Bertz CT molecular complexity index is 1220. The largest absolute Gasteiger partial charge is 0.393 e. The Morgan fingerprint density at radius 1 is 0.679 bits per heavy atom. The fraction of sp³-hybridized carbons (Fsp3) is 0.745. The first-order chi connectivity index (χ1) is 25.5. The van der Waals surface area contributed by atoms with Crippen LogP contribution >= 0.6 is 0 Å². The maximum absolute atomic E-state index is 12.8. The molecule has 3 aliphatic carbocycles. The second-order valence-electron chi connectivity index (χ2n) is 17.4. The van der Waals surface area contributed by atoms with Gasteiger partial charge < -0.3 is 20.8 Å². The highest BCUT2D eigenvalue weighted by Gasteiger charge is 2.51. The summed E-state index contributed by atoms with van der Waals surface area (Å²) in [4.78, 5) is 25.1.